The smallest absolute Gasteiger partial charge is 0.223 e. The SMILES string of the molecule is CC(NC(=O)C(C)C1CNC1)c1ccc(F)c(F)c1. The van der Waals surface area contributed by atoms with Crippen LogP contribution in [0, 0.1) is 23.5 Å². The van der Waals surface area contributed by atoms with Crippen molar-refractivity contribution in [1.29, 1.82) is 0 Å². The van der Waals surface area contributed by atoms with Gasteiger partial charge in [-0.3, -0.25) is 4.79 Å². The lowest BCUT2D eigenvalue weighted by Gasteiger charge is -2.32. The lowest BCUT2D eigenvalue weighted by atomic mass is 9.88. The fourth-order valence-corrected chi connectivity index (χ4v) is 2.09. The molecule has 1 saturated heterocycles. The highest BCUT2D eigenvalue weighted by molar-refractivity contribution is 5.79. The first-order chi connectivity index (χ1) is 8.99. The van der Waals surface area contributed by atoms with Gasteiger partial charge in [0.05, 0.1) is 6.04 Å². The number of carbonyl (C=O) groups excluding carboxylic acids is 1. The molecule has 2 N–H and O–H groups in total. The summed E-state index contributed by atoms with van der Waals surface area (Å²) >= 11 is 0. The predicted molar refractivity (Wildman–Crippen MR) is 68.4 cm³/mol. The van der Waals surface area contributed by atoms with Crippen molar-refractivity contribution < 1.29 is 13.6 Å². The number of hydrogen-bond acceptors (Lipinski definition) is 2. The molecule has 2 unspecified atom stereocenters. The topological polar surface area (TPSA) is 41.1 Å². The Morgan fingerprint density at radius 3 is 2.53 bits per heavy atom. The quantitative estimate of drug-likeness (QED) is 0.877. The van der Waals surface area contributed by atoms with Gasteiger partial charge in [-0.05, 0) is 43.6 Å². The number of hydrogen-bond donors (Lipinski definition) is 2. The minimum absolute atomic E-state index is 0.0521. The molecule has 0 saturated carbocycles. The second-order valence-electron chi connectivity index (χ2n) is 5.11. The van der Waals surface area contributed by atoms with Gasteiger partial charge in [0, 0.05) is 5.92 Å². The molecule has 1 aromatic carbocycles. The van der Waals surface area contributed by atoms with Crippen LogP contribution >= 0.6 is 0 Å². The summed E-state index contributed by atoms with van der Waals surface area (Å²) < 4.78 is 26.0. The van der Waals surface area contributed by atoms with E-state index in [0.717, 1.165) is 25.2 Å². The maximum absolute atomic E-state index is 13.1. The maximum Gasteiger partial charge on any atom is 0.223 e. The lowest BCUT2D eigenvalue weighted by Crippen LogP contribution is -2.49. The Labute approximate surface area is 111 Å². The number of carbonyl (C=O) groups is 1. The van der Waals surface area contributed by atoms with Crippen molar-refractivity contribution in [3.8, 4) is 0 Å². The molecule has 19 heavy (non-hydrogen) atoms. The highest BCUT2D eigenvalue weighted by atomic mass is 19.2. The van der Waals surface area contributed by atoms with Gasteiger partial charge in [0.2, 0.25) is 5.91 Å². The molecular formula is C14H18F2N2O. The molecule has 1 aromatic rings. The molecule has 2 atom stereocenters. The van der Waals surface area contributed by atoms with Crippen LogP contribution in [0.25, 0.3) is 0 Å². The van der Waals surface area contributed by atoms with Crippen LogP contribution in [0.5, 0.6) is 0 Å². The second kappa shape index (κ2) is 5.65. The maximum atomic E-state index is 13.1. The van der Waals surface area contributed by atoms with Crippen LogP contribution in [0.2, 0.25) is 0 Å². The molecule has 1 amide bonds. The summed E-state index contributed by atoms with van der Waals surface area (Å²) in [5, 5.41) is 5.96. The van der Waals surface area contributed by atoms with Gasteiger partial charge >= 0.3 is 0 Å². The van der Waals surface area contributed by atoms with E-state index in [1.807, 2.05) is 6.92 Å². The average molecular weight is 268 g/mol. The van der Waals surface area contributed by atoms with Crippen LogP contribution in [-0.4, -0.2) is 19.0 Å². The Kier molecular flexibility index (Phi) is 4.14. The van der Waals surface area contributed by atoms with Gasteiger partial charge in [0.1, 0.15) is 0 Å². The van der Waals surface area contributed by atoms with E-state index >= 15 is 0 Å². The number of amides is 1. The van der Waals surface area contributed by atoms with Crippen molar-refractivity contribution in [2.75, 3.05) is 13.1 Å². The van der Waals surface area contributed by atoms with Crippen molar-refractivity contribution in [1.82, 2.24) is 10.6 Å². The van der Waals surface area contributed by atoms with E-state index in [4.69, 9.17) is 0 Å². The van der Waals surface area contributed by atoms with Gasteiger partial charge in [-0.2, -0.15) is 0 Å². The van der Waals surface area contributed by atoms with Gasteiger partial charge in [0.25, 0.3) is 0 Å². The third-order valence-corrected chi connectivity index (χ3v) is 3.74. The summed E-state index contributed by atoms with van der Waals surface area (Å²) in [5.74, 6) is -1.54. The molecule has 0 aliphatic carbocycles. The molecule has 1 aliphatic rings. The van der Waals surface area contributed by atoms with Gasteiger partial charge in [0.15, 0.2) is 11.6 Å². The summed E-state index contributed by atoms with van der Waals surface area (Å²) in [4.78, 5) is 12.0. The Hall–Kier alpha value is -1.49. The van der Waals surface area contributed by atoms with Crippen LogP contribution < -0.4 is 10.6 Å². The van der Waals surface area contributed by atoms with E-state index in [1.165, 1.54) is 6.07 Å². The monoisotopic (exact) mass is 268 g/mol. The first-order valence-electron chi connectivity index (χ1n) is 6.45. The number of nitrogens with one attached hydrogen (secondary N) is 2. The van der Waals surface area contributed by atoms with Crippen LogP contribution in [-0.2, 0) is 4.79 Å². The highest BCUT2D eigenvalue weighted by Gasteiger charge is 2.29. The van der Waals surface area contributed by atoms with E-state index in [0.29, 0.717) is 11.5 Å². The summed E-state index contributed by atoms with van der Waals surface area (Å²) in [6.45, 7) is 5.36. The van der Waals surface area contributed by atoms with E-state index in [2.05, 4.69) is 10.6 Å². The average Bonchev–Trinajstić information content (AvgIpc) is 2.30. The normalized spacial score (nSPS) is 18.5. The molecule has 0 bridgehead atoms. The van der Waals surface area contributed by atoms with Crippen molar-refractivity contribution in [3.05, 3.63) is 35.4 Å². The fraction of sp³-hybridized carbons (Fsp3) is 0.500. The molecule has 1 heterocycles. The van der Waals surface area contributed by atoms with Crippen LogP contribution in [0.3, 0.4) is 0 Å². The molecule has 5 heteroatoms. The van der Waals surface area contributed by atoms with E-state index in [1.54, 1.807) is 6.92 Å². The third kappa shape index (κ3) is 3.10. The summed E-state index contributed by atoms with van der Waals surface area (Å²) in [6.07, 6.45) is 0. The molecular weight excluding hydrogens is 250 g/mol. The molecule has 0 aromatic heterocycles. The fourth-order valence-electron chi connectivity index (χ4n) is 2.09. The zero-order chi connectivity index (χ0) is 14.0. The van der Waals surface area contributed by atoms with E-state index in [9.17, 15) is 13.6 Å². The molecule has 2 rings (SSSR count). The first-order valence-corrected chi connectivity index (χ1v) is 6.45. The standard InChI is InChI=1S/C14H18F2N2O/c1-8(11-6-17-7-11)14(19)18-9(2)10-3-4-12(15)13(16)5-10/h3-5,8-9,11,17H,6-7H2,1-2H3,(H,18,19). The van der Waals surface area contributed by atoms with Crippen molar-refractivity contribution in [3.63, 3.8) is 0 Å². The molecule has 0 spiro atoms. The molecule has 104 valence electrons. The molecule has 1 fully saturated rings. The third-order valence-electron chi connectivity index (χ3n) is 3.74. The molecule has 0 radical (unpaired) electrons. The second-order valence-corrected chi connectivity index (χ2v) is 5.11. The van der Waals surface area contributed by atoms with Gasteiger partial charge in [-0.1, -0.05) is 13.0 Å². The summed E-state index contributed by atoms with van der Waals surface area (Å²) in [6, 6.07) is 3.35. The number of rotatable bonds is 4. The Morgan fingerprint density at radius 1 is 1.32 bits per heavy atom. The Morgan fingerprint density at radius 2 is 2.00 bits per heavy atom. The van der Waals surface area contributed by atoms with Crippen molar-refractivity contribution >= 4 is 5.91 Å². The number of halogens is 2. The van der Waals surface area contributed by atoms with E-state index < -0.39 is 11.6 Å². The minimum Gasteiger partial charge on any atom is -0.349 e. The van der Waals surface area contributed by atoms with Gasteiger partial charge < -0.3 is 10.6 Å². The summed E-state index contributed by atoms with van der Waals surface area (Å²) in [7, 11) is 0. The molecule has 1 aliphatic heterocycles. The van der Waals surface area contributed by atoms with Crippen molar-refractivity contribution in [2.45, 2.75) is 19.9 Å². The predicted octanol–water partition coefficient (Wildman–Crippen LogP) is 2.00. The van der Waals surface area contributed by atoms with Gasteiger partial charge in [-0.15, -0.1) is 0 Å². The van der Waals surface area contributed by atoms with Gasteiger partial charge in [-0.25, -0.2) is 8.78 Å². The van der Waals surface area contributed by atoms with Crippen LogP contribution in [0.4, 0.5) is 8.78 Å². The minimum atomic E-state index is -0.894. The Balaban J connectivity index is 1.97. The lowest BCUT2D eigenvalue weighted by molar-refractivity contribution is -0.127. The molecule has 3 nitrogen and oxygen atoms in total. The van der Waals surface area contributed by atoms with Crippen molar-refractivity contribution in [2.24, 2.45) is 11.8 Å². The van der Waals surface area contributed by atoms with Crippen LogP contribution in [0.1, 0.15) is 25.5 Å². The number of benzene rings is 1. The first kappa shape index (κ1) is 13.9. The zero-order valence-corrected chi connectivity index (χ0v) is 11.0. The highest BCUT2D eigenvalue weighted by Crippen LogP contribution is 2.19. The summed E-state index contributed by atoms with van der Waals surface area (Å²) in [5.41, 5.74) is 0.561. The zero-order valence-electron chi connectivity index (χ0n) is 11.0. The Bertz CT molecular complexity index is 475. The van der Waals surface area contributed by atoms with E-state index in [-0.39, 0.29) is 17.9 Å². The largest absolute Gasteiger partial charge is 0.349 e. The van der Waals surface area contributed by atoms with Crippen LogP contribution in [0.15, 0.2) is 18.2 Å².